The molecule has 8 heteroatoms. The van der Waals surface area contributed by atoms with Crippen molar-refractivity contribution in [3.05, 3.63) is 51.6 Å². The van der Waals surface area contributed by atoms with Gasteiger partial charge in [0.25, 0.3) is 5.91 Å². The first-order chi connectivity index (χ1) is 12.1. The van der Waals surface area contributed by atoms with Crippen LogP contribution in [0, 0.1) is 9.39 Å². The average Bonchev–Trinajstić information content (AvgIpc) is 2.63. The van der Waals surface area contributed by atoms with E-state index in [0.717, 1.165) is 38.7 Å². The van der Waals surface area contributed by atoms with Gasteiger partial charge in [-0.25, -0.2) is 14.4 Å². The number of hydrogen-bond acceptors (Lipinski definition) is 5. The van der Waals surface area contributed by atoms with Crippen molar-refractivity contribution in [1.82, 2.24) is 20.2 Å². The summed E-state index contributed by atoms with van der Waals surface area (Å²) in [6.07, 6.45) is 3.50. The second-order valence-corrected chi connectivity index (χ2v) is 6.92. The van der Waals surface area contributed by atoms with Crippen LogP contribution in [0.1, 0.15) is 10.4 Å². The Morgan fingerprint density at radius 2 is 1.92 bits per heavy atom. The van der Waals surface area contributed by atoms with Crippen LogP contribution in [0.2, 0.25) is 0 Å². The molecule has 1 aromatic carbocycles. The number of amides is 1. The summed E-state index contributed by atoms with van der Waals surface area (Å²) in [4.78, 5) is 25.2. The Morgan fingerprint density at radius 3 is 2.60 bits per heavy atom. The molecule has 0 aliphatic carbocycles. The number of benzene rings is 1. The summed E-state index contributed by atoms with van der Waals surface area (Å²) in [7, 11) is 0. The minimum absolute atomic E-state index is 0.166. The molecular formula is C17H19FIN5O. The fraction of sp³-hybridized carbons (Fsp3) is 0.353. The summed E-state index contributed by atoms with van der Waals surface area (Å²) in [5.41, 5.74) is 0.507. The number of hydrogen-bond donors (Lipinski definition) is 1. The summed E-state index contributed by atoms with van der Waals surface area (Å²) >= 11 is 1.98. The van der Waals surface area contributed by atoms with Crippen molar-refractivity contribution < 1.29 is 9.18 Å². The van der Waals surface area contributed by atoms with Crippen LogP contribution in [-0.4, -0.2) is 60.0 Å². The number of nitrogens with one attached hydrogen (secondary N) is 1. The third-order valence-corrected chi connectivity index (χ3v) is 4.99. The van der Waals surface area contributed by atoms with E-state index in [1.165, 1.54) is 18.2 Å². The van der Waals surface area contributed by atoms with Gasteiger partial charge in [-0.3, -0.25) is 9.69 Å². The zero-order valence-electron chi connectivity index (χ0n) is 13.7. The lowest BCUT2D eigenvalue weighted by Gasteiger charge is -2.34. The van der Waals surface area contributed by atoms with Gasteiger partial charge in [-0.05, 0) is 46.9 Å². The molecule has 0 saturated carbocycles. The van der Waals surface area contributed by atoms with Crippen LogP contribution in [0.5, 0.6) is 0 Å². The number of anilines is 1. The highest BCUT2D eigenvalue weighted by Crippen LogP contribution is 2.14. The van der Waals surface area contributed by atoms with Crippen molar-refractivity contribution in [2.75, 3.05) is 44.2 Å². The first-order valence-electron chi connectivity index (χ1n) is 8.11. The lowest BCUT2D eigenvalue weighted by molar-refractivity contribution is 0.0947. The van der Waals surface area contributed by atoms with E-state index in [0.29, 0.717) is 15.7 Å². The molecule has 1 aliphatic rings. The minimum atomic E-state index is -0.332. The van der Waals surface area contributed by atoms with Crippen LogP contribution in [-0.2, 0) is 0 Å². The van der Waals surface area contributed by atoms with Gasteiger partial charge >= 0.3 is 0 Å². The molecule has 0 radical (unpaired) electrons. The van der Waals surface area contributed by atoms with Gasteiger partial charge in [-0.15, -0.1) is 0 Å². The molecule has 1 saturated heterocycles. The summed E-state index contributed by atoms with van der Waals surface area (Å²) in [5.74, 6) is 0.267. The highest BCUT2D eigenvalue weighted by molar-refractivity contribution is 14.1. The van der Waals surface area contributed by atoms with Gasteiger partial charge in [0, 0.05) is 55.2 Å². The molecule has 3 rings (SSSR count). The van der Waals surface area contributed by atoms with E-state index in [9.17, 15) is 9.18 Å². The van der Waals surface area contributed by atoms with Crippen LogP contribution in [0.4, 0.5) is 10.3 Å². The molecule has 1 fully saturated rings. The molecule has 0 atom stereocenters. The highest BCUT2D eigenvalue weighted by atomic mass is 127. The fourth-order valence-corrected chi connectivity index (χ4v) is 3.44. The Labute approximate surface area is 159 Å². The normalized spacial score (nSPS) is 15.2. The van der Waals surface area contributed by atoms with Gasteiger partial charge < -0.3 is 10.2 Å². The second kappa shape index (κ2) is 8.52. The van der Waals surface area contributed by atoms with Crippen molar-refractivity contribution in [3.63, 3.8) is 0 Å². The molecule has 25 heavy (non-hydrogen) atoms. The average molecular weight is 455 g/mol. The van der Waals surface area contributed by atoms with E-state index < -0.39 is 0 Å². The first-order valence-corrected chi connectivity index (χ1v) is 9.19. The Kier molecular flexibility index (Phi) is 6.14. The first kappa shape index (κ1) is 18.0. The molecule has 1 aliphatic heterocycles. The molecule has 2 heterocycles. The number of piperazine rings is 1. The second-order valence-electron chi connectivity index (χ2n) is 5.76. The van der Waals surface area contributed by atoms with Gasteiger partial charge in [-0.1, -0.05) is 0 Å². The highest BCUT2D eigenvalue weighted by Gasteiger charge is 2.18. The summed E-state index contributed by atoms with van der Waals surface area (Å²) < 4.78 is 13.7. The van der Waals surface area contributed by atoms with Crippen molar-refractivity contribution >= 4 is 34.4 Å². The van der Waals surface area contributed by atoms with Gasteiger partial charge in [0.1, 0.15) is 5.82 Å². The molecule has 0 spiro atoms. The van der Waals surface area contributed by atoms with E-state index in [-0.39, 0.29) is 11.7 Å². The molecule has 0 unspecified atom stereocenters. The SMILES string of the molecule is O=C(NCCN1CCN(c2ncccn2)CC1)c1ccc(F)cc1I. The number of aromatic nitrogens is 2. The fourth-order valence-electron chi connectivity index (χ4n) is 2.72. The van der Waals surface area contributed by atoms with Crippen LogP contribution in [0.25, 0.3) is 0 Å². The number of nitrogens with zero attached hydrogens (tertiary/aromatic N) is 4. The van der Waals surface area contributed by atoms with Crippen LogP contribution in [0.15, 0.2) is 36.7 Å². The molecule has 1 aromatic heterocycles. The predicted molar refractivity (Wildman–Crippen MR) is 102 cm³/mol. The van der Waals surface area contributed by atoms with Gasteiger partial charge in [0.15, 0.2) is 0 Å². The van der Waals surface area contributed by atoms with Gasteiger partial charge in [0.2, 0.25) is 5.95 Å². The van der Waals surface area contributed by atoms with Crippen molar-refractivity contribution in [2.45, 2.75) is 0 Å². The van der Waals surface area contributed by atoms with Crippen molar-refractivity contribution in [2.24, 2.45) is 0 Å². The van der Waals surface area contributed by atoms with Crippen LogP contribution >= 0.6 is 22.6 Å². The molecule has 2 aromatic rings. The van der Waals surface area contributed by atoms with E-state index in [1.54, 1.807) is 12.4 Å². The van der Waals surface area contributed by atoms with E-state index in [4.69, 9.17) is 0 Å². The minimum Gasteiger partial charge on any atom is -0.351 e. The van der Waals surface area contributed by atoms with E-state index in [1.807, 2.05) is 28.7 Å². The molecule has 1 N–H and O–H groups in total. The molecule has 6 nitrogen and oxygen atoms in total. The Bertz CT molecular complexity index is 722. The number of carbonyl (C=O) groups is 1. The Morgan fingerprint density at radius 1 is 1.20 bits per heavy atom. The summed E-state index contributed by atoms with van der Waals surface area (Å²) in [5, 5.41) is 2.90. The zero-order chi connectivity index (χ0) is 17.6. The van der Waals surface area contributed by atoms with E-state index >= 15 is 0 Å². The largest absolute Gasteiger partial charge is 0.351 e. The van der Waals surface area contributed by atoms with Gasteiger partial charge in [-0.2, -0.15) is 0 Å². The number of carbonyl (C=O) groups excluding carboxylic acids is 1. The third-order valence-electron chi connectivity index (χ3n) is 4.10. The quantitative estimate of drug-likeness (QED) is 0.697. The standard InChI is InChI=1S/C17H19FIN5O/c18-13-2-3-14(15(19)12-13)16(25)20-6-7-23-8-10-24(11-9-23)17-21-4-1-5-22-17/h1-5,12H,6-11H2,(H,20,25). The smallest absolute Gasteiger partial charge is 0.252 e. The Balaban J connectivity index is 1.42. The Hall–Kier alpha value is -1.81. The maximum absolute atomic E-state index is 13.1. The molecule has 1 amide bonds. The number of halogens is 2. The van der Waals surface area contributed by atoms with E-state index in [2.05, 4.69) is 25.1 Å². The van der Waals surface area contributed by atoms with Crippen molar-refractivity contribution in [1.29, 1.82) is 0 Å². The summed E-state index contributed by atoms with van der Waals surface area (Å²) in [6, 6.07) is 6.00. The molecular weight excluding hydrogens is 436 g/mol. The molecule has 132 valence electrons. The zero-order valence-corrected chi connectivity index (χ0v) is 15.8. The lowest BCUT2D eigenvalue weighted by atomic mass is 10.2. The predicted octanol–water partition coefficient (Wildman–Crippen LogP) is 1.77. The van der Waals surface area contributed by atoms with Gasteiger partial charge in [0.05, 0.1) is 5.56 Å². The third kappa shape index (κ3) is 4.85. The molecule has 0 bridgehead atoms. The topological polar surface area (TPSA) is 61.4 Å². The van der Waals surface area contributed by atoms with Crippen molar-refractivity contribution in [3.8, 4) is 0 Å². The van der Waals surface area contributed by atoms with Crippen LogP contribution in [0.3, 0.4) is 0 Å². The maximum Gasteiger partial charge on any atom is 0.252 e. The summed E-state index contributed by atoms with van der Waals surface area (Å²) in [6.45, 7) is 4.90. The van der Waals surface area contributed by atoms with Crippen LogP contribution < -0.4 is 10.2 Å². The number of rotatable bonds is 5. The lowest BCUT2D eigenvalue weighted by Crippen LogP contribution is -2.49. The maximum atomic E-state index is 13.1. The monoisotopic (exact) mass is 455 g/mol.